The first-order chi connectivity index (χ1) is 12.0. The molecule has 0 saturated carbocycles. The third kappa shape index (κ3) is 3.76. The van der Waals surface area contributed by atoms with Crippen LogP contribution in [0.15, 0.2) is 18.2 Å². The quantitative estimate of drug-likeness (QED) is 0.816. The Kier molecular flexibility index (Phi) is 5.23. The van der Waals surface area contributed by atoms with Crippen LogP contribution in [0.5, 0.6) is 0 Å². The predicted molar refractivity (Wildman–Crippen MR) is 101 cm³/mol. The number of hydrogen-bond acceptors (Lipinski definition) is 4. The number of carbonyl (C=O) groups excluding carboxylic acids is 2. The summed E-state index contributed by atoms with van der Waals surface area (Å²) in [5.41, 5.74) is 4.98. The maximum absolute atomic E-state index is 12.5. The Morgan fingerprint density at radius 2 is 2.00 bits per heavy atom. The summed E-state index contributed by atoms with van der Waals surface area (Å²) in [5.74, 6) is -0.433. The molecule has 1 heterocycles. The number of aryl methyl sites for hydroxylation is 3. The van der Waals surface area contributed by atoms with Crippen LogP contribution in [0.25, 0.3) is 0 Å². The van der Waals surface area contributed by atoms with Gasteiger partial charge in [0.25, 0.3) is 0 Å². The Bertz CT molecular complexity index is 823. The molecule has 1 N–H and O–H groups in total. The van der Waals surface area contributed by atoms with E-state index in [0.717, 1.165) is 30.4 Å². The molecular weight excluding hydrogens is 334 g/mol. The number of benzene rings is 1. The summed E-state index contributed by atoms with van der Waals surface area (Å²) in [4.78, 5) is 26.0. The lowest BCUT2D eigenvalue weighted by Gasteiger charge is -2.09. The van der Waals surface area contributed by atoms with Crippen LogP contribution in [0.2, 0.25) is 0 Å². The SMILES string of the molecule is CCOC(=O)c1c(NC(=O)Cc2ccc(C)c(C)c2)sc2c1CCC2. The lowest BCUT2D eigenvalue weighted by atomic mass is 10.0. The molecule has 0 fully saturated rings. The summed E-state index contributed by atoms with van der Waals surface area (Å²) < 4.78 is 5.20. The molecule has 1 aromatic heterocycles. The van der Waals surface area contributed by atoms with Crippen LogP contribution in [0.3, 0.4) is 0 Å². The van der Waals surface area contributed by atoms with Crippen molar-refractivity contribution in [3.05, 3.63) is 50.9 Å². The topological polar surface area (TPSA) is 55.4 Å². The van der Waals surface area contributed by atoms with Crippen LogP contribution in [0, 0.1) is 13.8 Å². The predicted octanol–water partition coefficient (Wildman–Crippen LogP) is 4.21. The van der Waals surface area contributed by atoms with E-state index in [1.807, 2.05) is 25.1 Å². The van der Waals surface area contributed by atoms with Crippen molar-refractivity contribution < 1.29 is 14.3 Å². The molecule has 0 unspecified atom stereocenters. The number of amides is 1. The molecule has 1 amide bonds. The number of esters is 1. The van der Waals surface area contributed by atoms with Crippen molar-refractivity contribution in [3.8, 4) is 0 Å². The molecule has 1 aliphatic rings. The van der Waals surface area contributed by atoms with Crippen molar-refractivity contribution in [2.45, 2.75) is 46.5 Å². The Labute approximate surface area is 152 Å². The molecule has 25 heavy (non-hydrogen) atoms. The monoisotopic (exact) mass is 357 g/mol. The molecule has 2 aromatic rings. The van der Waals surface area contributed by atoms with Gasteiger partial charge in [-0.1, -0.05) is 18.2 Å². The summed E-state index contributed by atoms with van der Waals surface area (Å²) >= 11 is 1.51. The van der Waals surface area contributed by atoms with Crippen molar-refractivity contribution in [1.82, 2.24) is 0 Å². The highest BCUT2D eigenvalue weighted by atomic mass is 32.1. The molecule has 3 rings (SSSR count). The average molecular weight is 357 g/mol. The molecule has 0 spiro atoms. The van der Waals surface area contributed by atoms with Gasteiger partial charge >= 0.3 is 5.97 Å². The van der Waals surface area contributed by atoms with Gasteiger partial charge in [0.05, 0.1) is 18.6 Å². The van der Waals surface area contributed by atoms with E-state index in [2.05, 4.69) is 12.2 Å². The van der Waals surface area contributed by atoms with Crippen LogP contribution in [0.1, 0.15) is 50.8 Å². The molecule has 0 aliphatic heterocycles. The zero-order valence-electron chi connectivity index (χ0n) is 14.9. The molecule has 132 valence electrons. The summed E-state index contributed by atoms with van der Waals surface area (Å²) in [7, 11) is 0. The van der Waals surface area contributed by atoms with Gasteiger partial charge in [0, 0.05) is 4.88 Å². The third-order valence-corrected chi connectivity index (χ3v) is 5.80. The average Bonchev–Trinajstić information content (AvgIpc) is 3.11. The van der Waals surface area contributed by atoms with Crippen LogP contribution in [-0.2, 0) is 28.8 Å². The summed E-state index contributed by atoms with van der Waals surface area (Å²) in [6.45, 7) is 6.22. The van der Waals surface area contributed by atoms with E-state index in [9.17, 15) is 9.59 Å². The second-order valence-electron chi connectivity index (χ2n) is 6.43. The minimum absolute atomic E-state index is 0.103. The number of thiophene rings is 1. The van der Waals surface area contributed by atoms with Gasteiger partial charge in [0.2, 0.25) is 5.91 Å². The van der Waals surface area contributed by atoms with Gasteiger partial charge in [-0.2, -0.15) is 0 Å². The largest absolute Gasteiger partial charge is 0.462 e. The van der Waals surface area contributed by atoms with E-state index < -0.39 is 0 Å². The number of fused-ring (bicyclic) bond motifs is 1. The van der Waals surface area contributed by atoms with Crippen LogP contribution in [-0.4, -0.2) is 18.5 Å². The molecule has 1 aromatic carbocycles. The Balaban J connectivity index is 1.79. The van der Waals surface area contributed by atoms with Gasteiger partial charge < -0.3 is 10.1 Å². The second kappa shape index (κ2) is 7.40. The van der Waals surface area contributed by atoms with E-state index in [-0.39, 0.29) is 11.9 Å². The first-order valence-electron chi connectivity index (χ1n) is 8.67. The lowest BCUT2D eigenvalue weighted by Crippen LogP contribution is -2.17. The molecule has 1 aliphatic carbocycles. The number of carbonyl (C=O) groups is 2. The Morgan fingerprint density at radius 3 is 2.72 bits per heavy atom. The lowest BCUT2D eigenvalue weighted by molar-refractivity contribution is -0.115. The summed E-state index contributed by atoms with van der Waals surface area (Å²) in [6.07, 6.45) is 3.21. The molecule has 0 radical (unpaired) electrons. The smallest absolute Gasteiger partial charge is 0.341 e. The van der Waals surface area contributed by atoms with E-state index in [4.69, 9.17) is 4.74 Å². The third-order valence-electron chi connectivity index (χ3n) is 4.59. The van der Waals surface area contributed by atoms with E-state index >= 15 is 0 Å². The number of anilines is 1. The fourth-order valence-corrected chi connectivity index (χ4v) is 4.47. The summed E-state index contributed by atoms with van der Waals surface area (Å²) in [6, 6.07) is 6.04. The molecule has 4 nitrogen and oxygen atoms in total. The summed E-state index contributed by atoms with van der Waals surface area (Å²) in [5, 5.41) is 3.58. The van der Waals surface area contributed by atoms with Crippen LogP contribution < -0.4 is 5.32 Å². The minimum atomic E-state index is -0.330. The number of hydrogen-bond donors (Lipinski definition) is 1. The van der Waals surface area contributed by atoms with Crippen molar-refractivity contribution in [1.29, 1.82) is 0 Å². The van der Waals surface area contributed by atoms with Gasteiger partial charge in [-0.05, 0) is 62.3 Å². The standard InChI is InChI=1S/C20H23NO3S/c1-4-24-20(23)18-15-6-5-7-16(15)25-19(18)21-17(22)11-14-9-8-12(2)13(3)10-14/h8-10H,4-7,11H2,1-3H3,(H,21,22). The van der Waals surface area contributed by atoms with Crippen molar-refractivity contribution >= 4 is 28.2 Å². The Morgan fingerprint density at radius 1 is 1.20 bits per heavy atom. The van der Waals surface area contributed by atoms with Crippen LogP contribution in [0.4, 0.5) is 5.00 Å². The molecule has 0 saturated heterocycles. The van der Waals surface area contributed by atoms with Crippen molar-refractivity contribution in [2.75, 3.05) is 11.9 Å². The van der Waals surface area contributed by atoms with Gasteiger partial charge in [0.15, 0.2) is 0 Å². The zero-order chi connectivity index (χ0) is 18.0. The fourth-order valence-electron chi connectivity index (χ4n) is 3.18. The minimum Gasteiger partial charge on any atom is -0.462 e. The first-order valence-corrected chi connectivity index (χ1v) is 9.49. The van der Waals surface area contributed by atoms with Gasteiger partial charge in [-0.25, -0.2) is 4.79 Å². The Hall–Kier alpha value is -2.14. The molecule has 0 bridgehead atoms. The number of rotatable bonds is 5. The number of ether oxygens (including phenoxy) is 1. The highest BCUT2D eigenvalue weighted by Crippen LogP contribution is 2.39. The molecule has 0 atom stereocenters. The molecular formula is C20H23NO3S. The first kappa shape index (κ1) is 17.7. The van der Waals surface area contributed by atoms with Gasteiger partial charge in [-0.15, -0.1) is 11.3 Å². The maximum Gasteiger partial charge on any atom is 0.341 e. The normalized spacial score (nSPS) is 12.8. The van der Waals surface area contributed by atoms with E-state index in [1.54, 1.807) is 6.92 Å². The van der Waals surface area contributed by atoms with E-state index in [1.165, 1.54) is 27.3 Å². The number of nitrogens with one attached hydrogen (secondary N) is 1. The maximum atomic E-state index is 12.5. The highest BCUT2D eigenvalue weighted by Gasteiger charge is 2.28. The second-order valence-corrected chi connectivity index (χ2v) is 7.53. The van der Waals surface area contributed by atoms with Crippen molar-refractivity contribution in [2.24, 2.45) is 0 Å². The highest BCUT2D eigenvalue weighted by molar-refractivity contribution is 7.17. The molecule has 5 heteroatoms. The van der Waals surface area contributed by atoms with Gasteiger partial charge in [0.1, 0.15) is 5.00 Å². The van der Waals surface area contributed by atoms with E-state index in [0.29, 0.717) is 23.6 Å². The zero-order valence-corrected chi connectivity index (χ0v) is 15.7. The van der Waals surface area contributed by atoms with Gasteiger partial charge in [-0.3, -0.25) is 4.79 Å². The van der Waals surface area contributed by atoms with Crippen molar-refractivity contribution in [3.63, 3.8) is 0 Å². The fraction of sp³-hybridized carbons (Fsp3) is 0.400. The van der Waals surface area contributed by atoms with Crippen LogP contribution >= 0.6 is 11.3 Å².